The fourth-order valence-electron chi connectivity index (χ4n) is 3.34. The molecule has 3 aromatic rings. The van der Waals surface area contributed by atoms with E-state index >= 15 is 0 Å². The quantitative estimate of drug-likeness (QED) is 0.608. The summed E-state index contributed by atoms with van der Waals surface area (Å²) in [5.74, 6) is 0.571. The van der Waals surface area contributed by atoms with Crippen molar-refractivity contribution in [2.24, 2.45) is 0 Å². The van der Waals surface area contributed by atoms with E-state index in [9.17, 15) is 18.0 Å². The van der Waals surface area contributed by atoms with Gasteiger partial charge in [0.15, 0.2) is 6.73 Å². The summed E-state index contributed by atoms with van der Waals surface area (Å²) in [5, 5.41) is 0.811. The molecule has 2 heterocycles. The summed E-state index contributed by atoms with van der Waals surface area (Å²) < 4.78 is 50.2. The van der Waals surface area contributed by atoms with E-state index in [1.807, 2.05) is 13.0 Å². The lowest BCUT2D eigenvalue weighted by atomic mass is 10.0. The van der Waals surface area contributed by atoms with Gasteiger partial charge < -0.3 is 14.1 Å². The molecule has 7 heteroatoms. The number of aryl methyl sites for hydroxylation is 1. The first-order valence-corrected chi connectivity index (χ1v) is 8.50. The predicted octanol–water partition coefficient (Wildman–Crippen LogP) is 4.73. The zero-order valence-corrected chi connectivity index (χ0v) is 14.5. The number of hydrogen-bond donors (Lipinski definition) is 0. The van der Waals surface area contributed by atoms with Gasteiger partial charge in [0.25, 0.3) is 0 Å². The third-order valence-electron chi connectivity index (χ3n) is 4.70. The minimum absolute atomic E-state index is 0.109. The lowest BCUT2D eigenvalue weighted by molar-refractivity contribution is -0.137. The van der Waals surface area contributed by atoms with Crippen LogP contribution in [0.1, 0.15) is 23.6 Å². The van der Waals surface area contributed by atoms with Gasteiger partial charge in [-0.15, -0.1) is 0 Å². The molecule has 1 aliphatic heterocycles. The maximum Gasteiger partial charge on any atom is 0.416 e. The fourth-order valence-corrected chi connectivity index (χ4v) is 3.34. The molecule has 0 spiro atoms. The highest BCUT2D eigenvalue weighted by atomic mass is 19.4. The second-order valence-electron chi connectivity index (χ2n) is 6.38. The Hall–Kier alpha value is -2.96. The number of alkyl halides is 3. The van der Waals surface area contributed by atoms with Crippen molar-refractivity contribution in [1.82, 2.24) is 0 Å². The Bertz CT molecular complexity index is 1070. The van der Waals surface area contributed by atoms with Crippen LogP contribution in [0.3, 0.4) is 0 Å². The molecule has 1 aromatic heterocycles. The molecule has 0 aliphatic carbocycles. The number of fused-ring (bicyclic) bond motifs is 3. The van der Waals surface area contributed by atoms with Crippen LogP contribution in [0.5, 0.6) is 5.75 Å². The SMILES string of the molecule is CCc1cc(=O)oc2c3c(ccc12)OCN(c1cccc(C(F)(F)F)c1)C3. The van der Waals surface area contributed by atoms with E-state index in [4.69, 9.17) is 9.15 Å². The van der Waals surface area contributed by atoms with Crippen molar-refractivity contribution in [3.8, 4) is 5.75 Å². The largest absolute Gasteiger partial charge is 0.473 e. The maximum atomic E-state index is 13.0. The van der Waals surface area contributed by atoms with E-state index < -0.39 is 17.4 Å². The molecule has 0 radical (unpaired) electrons. The first kappa shape index (κ1) is 17.5. The summed E-state index contributed by atoms with van der Waals surface area (Å²) in [6.07, 6.45) is -3.75. The molecule has 0 unspecified atom stereocenters. The minimum atomic E-state index is -4.42. The molecule has 27 heavy (non-hydrogen) atoms. The zero-order valence-electron chi connectivity index (χ0n) is 14.5. The summed E-state index contributed by atoms with van der Waals surface area (Å²) in [6.45, 7) is 2.33. The van der Waals surface area contributed by atoms with Crippen molar-refractivity contribution < 1.29 is 22.3 Å². The summed E-state index contributed by atoms with van der Waals surface area (Å²) >= 11 is 0. The van der Waals surface area contributed by atoms with E-state index in [1.165, 1.54) is 12.1 Å². The Morgan fingerprint density at radius 3 is 2.70 bits per heavy atom. The molecule has 0 saturated heterocycles. The first-order chi connectivity index (χ1) is 12.9. The average molecular weight is 375 g/mol. The lowest BCUT2D eigenvalue weighted by Crippen LogP contribution is -2.32. The van der Waals surface area contributed by atoms with Crippen LogP contribution in [-0.2, 0) is 19.1 Å². The van der Waals surface area contributed by atoms with Gasteiger partial charge in [0, 0.05) is 17.1 Å². The van der Waals surface area contributed by atoms with Crippen molar-refractivity contribution >= 4 is 16.7 Å². The highest BCUT2D eigenvalue weighted by molar-refractivity contribution is 5.85. The van der Waals surface area contributed by atoms with Gasteiger partial charge in [-0.3, -0.25) is 0 Å². The molecule has 1 aliphatic rings. The number of anilines is 1. The molecule has 4 rings (SSSR count). The molecule has 0 saturated carbocycles. The molecule has 2 aromatic carbocycles. The van der Waals surface area contributed by atoms with Crippen LogP contribution in [0.2, 0.25) is 0 Å². The van der Waals surface area contributed by atoms with Gasteiger partial charge in [-0.05, 0) is 42.3 Å². The minimum Gasteiger partial charge on any atom is -0.473 e. The molecule has 4 nitrogen and oxygen atoms in total. The number of hydrogen-bond acceptors (Lipinski definition) is 4. The van der Waals surface area contributed by atoms with Crippen molar-refractivity contribution in [3.05, 3.63) is 69.6 Å². The highest BCUT2D eigenvalue weighted by Crippen LogP contribution is 2.36. The van der Waals surface area contributed by atoms with Gasteiger partial charge in [-0.25, -0.2) is 4.79 Å². The first-order valence-electron chi connectivity index (χ1n) is 8.50. The van der Waals surface area contributed by atoms with Gasteiger partial charge in [-0.2, -0.15) is 13.2 Å². The number of rotatable bonds is 2. The standard InChI is InChI=1S/C20H16F3NO3/c1-2-12-8-18(25)27-19-15(12)6-7-17-16(19)10-24(11-26-17)14-5-3-4-13(9-14)20(21,22)23/h3-9H,2,10-11H2,1H3. The van der Waals surface area contributed by atoms with Crippen molar-refractivity contribution in [2.45, 2.75) is 26.1 Å². The van der Waals surface area contributed by atoms with E-state index in [-0.39, 0.29) is 13.3 Å². The van der Waals surface area contributed by atoms with E-state index in [0.29, 0.717) is 29.0 Å². The molecule has 0 amide bonds. The molecular formula is C20H16F3NO3. The second-order valence-corrected chi connectivity index (χ2v) is 6.38. The number of ether oxygens (including phenoxy) is 1. The van der Waals surface area contributed by atoms with Crippen LogP contribution >= 0.6 is 0 Å². The summed E-state index contributed by atoms with van der Waals surface area (Å²) in [6, 6.07) is 10.2. The summed E-state index contributed by atoms with van der Waals surface area (Å²) in [5.41, 5.74) is 1.16. The van der Waals surface area contributed by atoms with E-state index in [2.05, 4.69) is 0 Å². The maximum absolute atomic E-state index is 13.0. The lowest BCUT2D eigenvalue weighted by Gasteiger charge is -2.31. The smallest absolute Gasteiger partial charge is 0.416 e. The molecule has 0 N–H and O–H groups in total. The van der Waals surface area contributed by atoms with Gasteiger partial charge in [-0.1, -0.05) is 13.0 Å². The van der Waals surface area contributed by atoms with Gasteiger partial charge in [0.1, 0.15) is 11.3 Å². The predicted molar refractivity (Wildman–Crippen MR) is 95.0 cm³/mol. The molecular weight excluding hydrogens is 359 g/mol. The molecule has 140 valence electrons. The van der Waals surface area contributed by atoms with Crippen molar-refractivity contribution in [3.63, 3.8) is 0 Å². The number of nitrogens with zero attached hydrogens (tertiary/aromatic N) is 1. The molecule has 0 fully saturated rings. The summed E-state index contributed by atoms with van der Waals surface area (Å²) in [4.78, 5) is 13.6. The average Bonchev–Trinajstić information content (AvgIpc) is 2.66. The van der Waals surface area contributed by atoms with Crippen molar-refractivity contribution in [1.29, 1.82) is 0 Å². The number of halogens is 3. The van der Waals surface area contributed by atoms with E-state index in [1.54, 1.807) is 17.0 Å². The van der Waals surface area contributed by atoms with Gasteiger partial charge in [0.2, 0.25) is 0 Å². The summed E-state index contributed by atoms with van der Waals surface area (Å²) in [7, 11) is 0. The van der Waals surface area contributed by atoms with Crippen molar-refractivity contribution in [2.75, 3.05) is 11.6 Å². The van der Waals surface area contributed by atoms with Crippen LogP contribution in [-0.4, -0.2) is 6.73 Å². The topological polar surface area (TPSA) is 42.7 Å². The Morgan fingerprint density at radius 1 is 1.15 bits per heavy atom. The zero-order chi connectivity index (χ0) is 19.2. The van der Waals surface area contributed by atoms with Crippen LogP contribution in [0, 0.1) is 0 Å². The second kappa shape index (κ2) is 6.33. The Balaban J connectivity index is 1.79. The third-order valence-corrected chi connectivity index (χ3v) is 4.70. The Labute approximate surface area is 152 Å². The molecule has 0 atom stereocenters. The Morgan fingerprint density at radius 2 is 1.96 bits per heavy atom. The van der Waals surface area contributed by atoms with Crippen LogP contribution < -0.4 is 15.3 Å². The Kier molecular flexibility index (Phi) is 4.09. The third kappa shape index (κ3) is 3.13. The monoisotopic (exact) mass is 375 g/mol. The van der Waals surface area contributed by atoms with Crippen LogP contribution in [0.15, 0.2) is 51.7 Å². The van der Waals surface area contributed by atoms with Gasteiger partial charge >= 0.3 is 11.8 Å². The highest BCUT2D eigenvalue weighted by Gasteiger charge is 2.31. The fraction of sp³-hybridized carbons (Fsp3) is 0.250. The van der Waals surface area contributed by atoms with Crippen LogP contribution in [0.25, 0.3) is 11.0 Å². The van der Waals surface area contributed by atoms with Gasteiger partial charge in [0.05, 0.1) is 17.7 Å². The van der Waals surface area contributed by atoms with E-state index in [0.717, 1.165) is 23.1 Å². The van der Waals surface area contributed by atoms with Crippen LogP contribution in [0.4, 0.5) is 18.9 Å². The molecule has 0 bridgehead atoms. The number of benzene rings is 2. The normalized spacial score (nSPS) is 14.1.